The van der Waals surface area contributed by atoms with E-state index in [4.69, 9.17) is 5.73 Å². The van der Waals surface area contributed by atoms with Crippen LogP contribution in [0, 0.1) is 5.41 Å². The summed E-state index contributed by atoms with van der Waals surface area (Å²) in [5, 5.41) is 0. The van der Waals surface area contributed by atoms with Crippen molar-refractivity contribution >= 4 is 0 Å². The monoisotopic (exact) mass is 267 g/mol. The smallest absolute Gasteiger partial charge is 0.0386 e. The highest BCUT2D eigenvalue weighted by atomic mass is 15.3. The molecule has 0 bridgehead atoms. The van der Waals surface area contributed by atoms with Gasteiger partial charge in [0.15, 0.2) is 0 Å². The quantitative estimate of drug-likeness (QED) is 0.848. The lowest BCUT2D eigenvalue weighted by atomic mass is 9.62. The number of rotatable bonds is 4. The lowest BCUT2D eigenvalue weighted by Crippen LogP contribution is -2.65. The number of hydrogen-bond donors (Lipinski definition) is 1. The van der Waals surface area contributed by atoms with Crippen molar-refractivity contribution in [3.8, 4) is 0 Å². The molecule has 2 fully saturated rings. The molecule has 19 heavy (non-hydrogen) atoms. The van der Waals surface area contributed by atoms with Gasteiger partial charge in [-0.3, -0.25) is 4.90 Å². The molecule has 3 nitrogen and oxygen atoms in total. The van der Waals surface area contributed by atoms with Crippen LogP contribution >= 0.6 is 0 Å². The highest BCUT2D eigenvalue weighted by Gasteiger charge is 2.52. The van der Waals surface area contributed by atoms with E-state index in [2.05, 4.69) is 37.7 Å². The Bertz CT molecular complexity index is 300. The van der Waals surface area contributed by atoms with Gasteiger partial charge in [-0.1, -0.05) is 26.7 Å². The van der Waals surface area contributed by atoms with E-state index in [1.54, 1.807) is 0 Å². The molecule has 2 aliphatic rings. The fraction of sp³-hybridized carbons (Fsp3) is 1.00. The molecule has 2 atom stereocenters. The van der Waals surface area contributed by atoms with Crippen LogP contribution in [0.2, 0.25) is 0 Å². The lowest BCUT2D eigenvalue weighted by Gasteiger charge is -2.57. The van der Waals surface area contributed by atoms with Crippen LogP contribution in [-0.4, -0.2) is 55.1 Å². The zero-order valence-electron chi connectivity index (χ0n) is 13.4. The van der Waals surface area contributed by atoms with Gasteiger partial charge in [0, 0.05) is 24.7 Å². The van der Waals surface area contributed by atoms with Crippen LogP contribution < -0.4 is 5.73 Å². The van der Waals surface area contributed by atoms with E-state index in [0.717, 1.165) is 6.54 Å². The average molecular weight is 267 g/mol. The zero-order valence-corrected chi connectivity index (χ0v) is 13.4. The van der Waals surface area contributed by atoms with E-state index in [1.165, 1.54) is 51.6 Å². The molecule has 1 heterocycles. The summed E-state index contributed by atoms with van der Waals surface area (Å²) in [6.45, 7) is 8.15. The molecule has 0 aromatic carbocycles. The summed E-state index contributed by atoms with van der Waals surface area (Å²) in [5.74, 6) is 0. The first-order valence-electron chi connectivity index (χ1n) is 8.04. The van der Waals surface area contributed by atoms with Crippen LogP contribution in [0.3, 0.4) is 0 Å². The molecular formula is C16H33N3. The summed E-state index contributed by atoms with van der Waals surface area (Å²) in [5.41, 5.74) is 6.93. The van der Waals surface area contributed by atoms with Gasteiger partial charge in [0.1, 0.15) is 0 Å². The van der Waals surface area contributed by atoms with E-state index < -0.39 is 0 Å². The maximum atomic E-state index is 6.33. The number of nitrogens with zero attached hydrogens (tertiary/aromatic N) is 2. The molecule has 112 valence electrons. The molecule has 0 spiro atoms. The van der Waals surface area contributed by atoms with Gasteiger partial charge in [-0.2, -0.15) is 0 Å². The van der Waals surface area contributed by atoms with Gasteiger partial charge in [0.25, 0.3) is 0 Å². The first kappa shape index (κ1) is 15.3. The fourth-order valence-corrected chi connectivity index (χ4v) is 4.59. The van der Waals surface area contributed by atoms with E-state index in [0.29, 0.717) is 11.5 Å². The third-order valence-electron chi connectivity index (χ3n) is 5.74. The largest absolute Gasteiger partial charge is 0.329 e. The molecule has 2 rings (SSSR count). The Hall–Kier alpha value is -0.120. The summed E-state index contributed by atoms with van der Waals surface area (Å²) in [7, 11) is 4.38. The normalized spacial score (nSPS) is 36.0. The van der Waals surface area contributed by atoms with Crippen molar-refractivity contribution in [2.45, 2.75) is 64.0 Å². The second kappa shape index (κ2) is 5.71. The Kier molecular flexibility index (Phi) is 4.59. The van der Waals surface area contributed by atoms with E-state index in [9.17, 15) is 0 Å². The van der Waals surface area contributed by atoms with Crippen LogP contribution in [0.4, 0.5) is 0 Å². The van der Waals surface area contributed by atoms with E-state index >= 15 is 0 Å². The van der Waals surface area contributed by atoms with Gasteiger partial charge < -0.3 is 10.6 Å². The fourth-order valence-electron chi connectivity index (χ4n) is 4.59. The molecule has 0 amide bonds. The molecule has 0 radical (unpaired) electrons. The van der Waals surface area contributed by atoms with Crippen LogP contribution in [0.1, 0.15) is 52.4 Å². The summed E-state index contributed by atoms with van der Waals surface area (Å²) in [4.78, 5) is 5.13. The van der Waals surface area contributed by atoms with Crippen molar-refractivity contribution in [3.63, 3.8) is 0 Å². The molecule has 0 aromatic rings. The molecule has 1 saturated heterocycles. The molecular weight excluding hydrogens is 234 g/mol. The Morgan fingerprint density at radius 3 is 2.42 bits per heavy atom. The number of nitrogens with two attached hydrogens (primary N) is 1. The second-order valence-corrected chi connectivity index (χ2v) is 7.58. The van der Waals surface area contributed by atoms with Gasteiger partial charge in [0.2, 0.25) is 0 Å². The standard InChI is InChI=1S/C16H33N3/c1-15(2)9-5-6-10-16(15,13-17)19-11-7-8-14(19)12-18(3)4/h14H,5-13,17H2,1-4H3. The number of likely N-dealkylation sites (tertiary alicyclic amines) is 1. The minimum Gasteiger partial charge on any atom is -0.329 e. The predicted molar refractivity (Wildman–Crippen MR) is 82.3 cm³/mol. The van der Waals surface area contributed by atoms with Crippen molar-refractivity contribution in [3.05, 3.63) is 0 Å². The highest BCUT2D eigenvalue weighted by Crippen LogP contribution is 2.49. The van der Waals surface area contributed by atoms with Crippen molar-refractivity contribution < 1.29 is 0 Å². The third kappa shape index (κ3) is 2.70. The van der Waals surface area contributed by atoms with E-state index in [1.807, 2.05) is 0 Å². The molecule has 1 aliphatic heterocycles. The summed E-state index contributed by atoms with van der Waals surface area (Å²) in [6.07, 6.45) is 8.04. The van der Waals surface area contributed by atoms with Crippen LogP contribution in [0.15, 0.2) is 0 Å². The molecule has 1 aliphatic carbocycles. The maximum Gasteiger partial charge on any atom is 0.0386 e. The summed E-state index contributed by atoms with van der Waals surface area (Å²) < 4.78 is 0. The van der Waals surface area contributed by atoms with Gasteiger partial charge in [0.05, 0.1) is 0 Å². The average Bonchev–Trinajstić information content (AvgIpc) is 2.77. The Morgan fingerprint density at radius 2 is 1.84 bits per heavy atom. The summed E-state index contributed by atoms with van der Waals surface area (Å²) >= 11 is 0. The van der Waals surface area contributed by atoms with Gasteiger partial charge in [-0.25, -0.2) is 0 Å². The van der Waals surface area contributed by atoms with Crippen molar-refractivity contribution in [1.82, 2.24) is 9.80 Å². The SMILES string of the molecule is CN(C)CC1CCCN1C1(CN)CCCCC1(C)C. The first-order valence-corrected chi connectivity index (χ1v) is 8.04. The van der Waals surface area contributed by atoms with E-state index in [-0.39, 0.29) is 5.54 Å². The Morgan fingerprint density at radius 1 is 1.16 bits per heavy atom. The Balaban J connectivity index is 2.24. The zero-order chi connectivity index (χ0) is 14.1. The Labute approximate surface area is 119 Å². The van der Waals surface area contributed by atoms with Crippen molar-refractivity contribution in [2.75, 3.05) is 33.7 Å². The minimum absolute atomic E-state index is 0.239. The topological polar surface area (TPSA) is 32.5 Å². The molecule has 2 unspecified atom stereocenters. The van der Waals surface area contributed by atoms with Gasteiger partial charge in [-0.05, 0) is 51.7 Å². The van der Waals surface area contributed by atoms with Crippen LogP contribution in [-0.2, 0) is 0 Å². The molecule has 0 aromatic heterocycles. The van der Waals surface area contributed by atoms with Crippen molar-refractivity contribution in [1.29, 1.82) is 0 Å². The maximum absolute atomic E-state index is 6.33. The summed E-state index contributed by atoms with van der Waals surface area (Å²) in [6, 6.07) is 0.705. The predicted octanol–water partition coefficient (Wildman–Crippen LogP) is 2.31. The molecule has 2 N–H and O–H groups in total. The number of hydrogen-bond acceptors (Lipinski definition) is 3. The highest BCUT2D eigenvalue weighted by molar-refractivity contribution is 5.08. The molecule has 3 heteroatoms. The first-order chi connectivity index (χ1) is 8.93. The van der Waals surface area contributed by atoms with Gasteiger partial charge in [-0.15, -0.1) is 0 Å². The minimum atomic E-state index is 0.239. The van der Waals surface area contributed by atoms with Gasteiger partial charge >= 0.3 is 0 Å². The number of likely N-dealkylation sites (N-methyl/N-ethyl adjacent to an activating group) is 1. The lowest BCUT2D eigenvalue weighted by molar-refractivity contribution is -0.0548. The van der Waals surface area contributed by atoms with Crippen LogP contribution in [0.5, 0.6) is 0 Å². The van der Waals surface area contributed by atoms with Crippen molar-refractivity contribution in [2.24, 2.45) is 11.1 Å². The second-order valence-electron chi connectivity index (χ2n) is 7.58. The molecule has 1 saturated carbocycles. The third-order valence-corrected chi connectivity index (χ3v) is 5.74. The van der Waals surface area contributed by atoms with Crippen LogP contribution in [0.25, 0.3) is 0 Å².